The summed E-state index contributed by atoms with van der Waals surface area (Å²) in [5.41, 5.74) is 25.9. The van der Waals surface area contributed by atoms with Crippen molar-refractivity contribution in [2.45, 2.75) is 168 Å². The molecule has 24 heteroatoms. The lowest BCUT2D eigenvalue weighted by Crippen LogP contribution is -2.31. The highest BCUT2D eigenvalue weighted by molar-refractivity contribution is 6.14. The van der Waals surface area contributed by atoms with Crippen LogP contribution in [-0.4, -0.2) is 24.9 Å². The molecule has 15 aromatic heterocycles. The zero-order valence-electron chi connectivity index (χ0n) is 79.8. The van der Waals surface area contributed by atoms with Crippen LogP contribution in [0.5, 0.6) is 0 Å². The van der Waals surface area contributed by atoms with Crippen molar-refractivity contribution in [2.24, 2.45) is 35.2 Å². The van der Waals surface area contributed by atoms with Gasteiger partial charge in [0.1, 0.15) is 58.5 Å². The van der Waals surface area contributed by atoms with Crippen molar-refractivity contribution in [3.63, 3.8) is 0 Å². The number of pyridine rings is 10. The van der Waals surface area contributed by atoms with Crippen molar-refractivity contribution in [3.8, 4) is 56.3 Å². The number of aromatic nitrogens is 10. The van der Waals surface area contributed by atoms with Crippen LogP contribution in [0.2, 0.25) is 0 Å². The first kappa shape index (κ1) is 93.2. The highest BCUT2D eigenvalue weighted by Crippen LogP contribution is 2.47. The van der Waals surface area contributed by atoms with Crippen LogP contribution < -0.4 is 22.8 Å². The van der Waals surface area contributed by atoms with Crippen LogP contribution in [0.4, 0.5) is 39.5 Å². The van der Waals surface area contributed by atoms with Crippen LogP contribution in [0.1, 0.15) is 182 Å². The third-order valence-electron chi connectivity index (χ3n) is 25.6. The fourth-order valence-corrected chi connectivity index (χ4v) is 18.1. The molecule has 0 aliphatic rings. The van der Waals surface area contributed by atoms with E-state index in [9.17, 15) is 39.5 Å². The number of furan rings is 5. The molecule has 15 heterocycles. The van der Waals surface area contributed by atoms with E-state index in [1.807, 2.05) is 131 Å². The lowest BCUT2D eigenvalue weighted by Gasteiger charge is -2.10. The number of fused-ring (bicyclic) bond motifs is 15. The Morgan fingerprint density at radius 2 is 0.567 bits per heavy atom. The third-order valence-corrected chi connectivity index (χ3v) is 25.6. The first-order valence-electron chi connectivity index (χ1n) is 44.7. The molecule has 0 aliphatic heterocycles. The van der Waals surface area contributed by atoms with Crippen LogP contribution in [0, 0.1) is 122 Å². The minimum atomic E-state index is -0.887. The van der Waals surface area contributed by atoms with E-state index in [1.165, 1.54) is 59.0 Å². The van der Waals surface area contributed by atoms with Crippen molar-refractivity contribution >= 4 is 110 Å². The van der Waals surface area contributed by atoms with Gasteiger partial charge < -0.3 is 22.1 Å². The smallest absolute Gasteiger partial charge is 0.232 e. The third kappa shape index (κ3) is 16.9. The van der Waals surface area contributed by atoms with Crippen LogP contribution in [0.3, 0.4) is 0 Å². The zero-order valence-corrected chi connectivity index (χ0v) is 79.8. The van der Waals surface area contributed by atoms with Gasteiger partial charge in [-0.25, -0.2) is 40.4 Å². The summed E-state index contributed by atoms with van der Waals surface area (Å²) in [6, 6.07) is 38.9. The minimum absolute atomic E-state index is 0.0138. The maximum absolute atomic E-state index is 14.9. The molecule has 0 saturated heterocycles. The average Bonchev–Trinajstić information content (AvgIpc) is 1.58. The summed E-state index contributed by atoms with van der Waals surface area (Å²) in [7, 11) is 9.85. The van der Waals surface area contributed by atoms with Gasteiger partial charge in [0.25, 0.3) is 0 Å². The normalized spacial score (nSPS) is 11.8. The van der Waals surface area contributed by atoms with Gasteiger partial charge in [-0.2, -0.15) is 46.9 Å². The molecule has 0 fully saturated rings. The van der Waals surface area contributed by atoms with Crippen molar-refractivity contribution in [1.82, 2.24) is 24.9 Å². The Balaban J connectivity index is 0.000000122. The van der Waals surface area contributed by atoms with Crippen LogP contribution in [0.15, 0.2) is 180 Å². The number of halogens is 9. The van der Waals surface area contributed by atoms with Crippen LogP contribution in [-0.2, 0) is 35.2 Å². The van der Waals surface area contributed by atoms with Gasteiger partial charge in [-0.05, 0) is 208 Å². The Labute approximate surface area is 769 Å². The Morgan fingerprint density at radius 3 is 1.02 bits per heavy atom. The quantitative estimate of drug-likeness (QED) is 0.0735. The first-order chi connectivity index (χ1) is 63.5. The second kappa shape index (κ2) is 36.2. The van der Waals surface area contributed by atoms with E-state index in [2.05, 4.69) is 185 Å². The summed E-state index contributed by atoms with van der Waals surface area (Å²) in [5.74, 6) is -3.66. The van der Waals surface area contributed by atoms with Crippen molar-refractivity contribution < 1.29 is 84.4 Å². The van der Waals surface area contributed by atoms with Gasteiger partial charge in [-0.1, -0.05) is 93.5 Å². The second-order valence-electron chi connectivity index (χ2n) is 36.9. The highest BCUT2D eigenvalue weighted by Gasteiger charge is 2.33. The summed E-state index contributed by atoms with van der Waals surface area (Å²) < 4.78 is 168. The number of hydrogen-bond donors (Lipinski definition) is 0. The van der Waals surface area contributed by atoms with E-state index in [1.54, 1.807) is 26.0 Å². The lowest BCUT2D eigenvalue weighted by atomic mass is 9.95. The molecule has 0 N–H and O–H groups in total. The molecule has 15 nitrogen and oxygen atoms in total. The molecular weight excluding hydrogens is 1710 g/mol. The molecule has 0 radical (unpaired) electrons. The Kier molecular flexibility index (Phi) is 25.2. The molecule has 0 saturated carbocycles. The van der Waals surface area contributed by atoms with Gasteiger partial charge >= 0.3 is 0 Å². The summed E-state index contributed by atoms with van der Waals surface area (Å²) in [6.07, 6.45) is 10.1. The summed E-state index contributed by atoms with van der Waals surface area (Å²) in [4.78, 5) is 19.3. The average molecular weight is 1820 g/mol. The predicted octanol–water partition coefficient (Wildman–Crippen LogP) is 27.3. The topological polar surface area (TPSA) is 150 Å². The van der Waals surface area contributed by atoms with Crippen molar-refractivity contribution in [3.05, 3.63) is 295 Å². The Bertz CT molecular complexity index is 8010. The van der Waals surface area contributed by atoms with E-state index >= 15 is 0 Å². The van der Waals surface area contributed by atoms with E-state index in [-0.39, 0.29) is 50.8 Å². The van der Waals surface area contributed by atoms with E-state index in [4.69, 9.17) is 22.1 Å². The molecular formula is C110H106F9N10O5+5. The standard InChI is InChI=1S/4C22H21F2N2O.C22H22FN2O/c1-11(2)14-6-7-26(5)17(10-14)18-12(3)9-16(23)19-15-8-13(4)21(24)25-22(15)27-20(18)19;1-11(2)14-6-7-26(5)16(10-14)18-12(3)8-15(23)20-19-13(4)9-17(24)25-22(19)27-21(18)20;1-11(2)14-6-7-26(5)16(9-14)18-12(3)8-13(4)19-20-15(23)10-17(24)25-22(20)27-21(18)19;1-11(2)14-8-9-26(5)16(10-14)17-12(3)6-7-15-18-19(23)13(4)21(24)25-22(18)27-20(15)17;1-12(2)15-8-9-25(5)17(11-15)20-14(4)10-13(3)19-16-6-7-18(23)24-22(16)26-21(19)20/h4*6-11H,1-5H3;6-12H,1-5H3/q5*+1. The minimum Gasteiger partial charge on any atom is -0.437 e. The van der Waals surface area contributed by atoms with Gasteiger partial charge in [0.2, 0.25) is 86.8 Å². The molecule has 0 atom stereocenters. The fourth-order valence-electron chi connectivity index (χ4n) is 18.1. The number of nitrogens with zero attached hydrogens (tertiary/aromatic N) is 10. The molecule has 5 aromatic carbocycles. The van der Waals surface area contributed by atoms with Crippen LogP contribution >= 0.6 is 0 Å². The van der Waals surface area contributed by atoms with Gasteiger partial charge in [0, 0.05) is 99.4 Å². The number of hydrogen-bond acceptors (Lipinski definition) is 10. The zero-order chi connectivity index (χ0) is 96.4. The first-order valence-corrected chi connectivity index (χ1v) is 44.7. The molecule has 20 rings (SSSR count). The maximum atomic E-state index is 14.9. The van der Waals surface area contributed by atoms with Gasteiger partial charge in [-0.3, -0.25) is 0 Å². The largest absolute Gasteiger partial charge is 0.437 e. The molecule has 0 spiro atoms. The molecule has 134 heavy (non-hydrogen) atoms. The molecule has 20 aromatic rings. The van der Waals surface area contributed by atoms with Crippen LogP contribution in [0.25, 0.3) is 167 Å². The number of aryl methyl sites for hydroxylation is 14. The predicted molar refractivity (Wildman–Crippen MR) is 508 cm³/mol. The molecule has 684 valence electrons. The second-order valence-corrected chi connectivity index (χ2v) is 36.9. The summed E-state index contributed by atoms with van der Waals surface area (Å²) >= 11 is 0. The number of benzene rings is 5. The molecule has 0 aliphatic carbocycles. The Hall–Kier alpha value is -14.0. The molecule has 0 bridgehead atoms. The van der Waals surface area contributed by atoms with E-state index in [0.29, 0.717) is 101 Å². The Morgan fingerprint density at radius 1 is 0.239 bits per heavy atom. The molecule has 0 amide bonds. The van der Waals surface area contributed by atoms with Gasteiger partial charge in [0.05, 0.1) is 60.1 Å². The maximum Gasteiger partial charge on any atom is 0.232 e. The monoisotopic (exact) mass is 1820 g/mol. The SMILES string of the molecule is Cc1cc(C)c2c(oc3nc(F)cc(F)c32)c1-c1cc(C(C)C)cc[n+]1C.Cc1cc(C)c2c(oc3nc(F)ccc32)c1-c1cc(C(C)C)cc[n+]1C.Cc1cc(F)c2c(oc3nc(F)cc(C)c32)c1-c1cc(C(C)C)cc[n+]1C.Cc1cc2c(nc1F)oc1c(-c3cc(C(C)C)cc[n+]3C)c(C)cc(F)c12.Cc1ccc2c(oc3nc(F)c(C)c(F)c32)c1-c1cc(C(C)C)cc[n+]1C. The number of rotatable bonds is 10. The van der Waals surface area contributed by atoms with E-state index in [0.717, 1.165) is 118 Å². The molecule has 0 unspecified atom stereocenters. The van der Waals surface area contributed by atoms with Crippen molar-refractivity contribution in [1.29, 1.82) is 0 Å². The summed E-state index contributed by atoms with van der Waals surface area (Å²) in [5, 5.41) is 5.27. The lowest BCUT2D eigenvalue weighted by molar-refractivity contribution is -0.660. The summed E-state index contributed by atoms with van der Waals surface area (Å²) in [6.45, 7) is 39.9. The van der Waals surface area contributed by atoms with Crippen molar-refractivity contribution in [2.75, 3.05) is 0 Å². The van der Waals surface area contributed by atoms with E-state index < -0.39 is 41.4 Å². The van der Waals surface area contributed by atoms with Gasteiger partial charge in [0.15, 0.2) is 58.9 Å². The fraction of sp³-hybridized carbons (Fsp3) is 0.273. The van der Waals surface area contributed by atoms with Gasteiger partial charge in [-0.15, -0.1) is 0 Å². The highest BCUT2D eigenvalue weighted by atomic mass is 19.2.